The summed E-state index contributed by atoms with van der Waals surface area (Å²) in [4.78, 5) is 43.9. The van der Waals surface area contributed by atoms with E-state index in [1.807, 2.05) is 19.1 Å². The van der Waals surface area contributed by atoms with Gasteiger partial charge in [0.25, 0.3) is 5.91 Å². The summed E-state index contributed by atoms with van der Waals surface area (Å²) < 4.78 is 4.99. The number of ether oxygens (including phenoxy) is 1. The van der Waals surface area contributed by atoms with Gasteiger partial charge in [-0.1, -0.05) is 23.8 Å². The van der Waals surface area contributed by atoms with Gasteiger partial charge in [0.05, 0.1) is 7.11 Å². The summed E-state index contributed by atoms with van der Waals surface area (Å²) in [6.07, 6.45) is 1.59. The van der Waals surface area contributed by atoms with Crippen LogP contribution in [0.15, 0.2) is 42.6 Å². The Bertz CT molecular complexity index is 880. The number of hydrogen-bond donors (Lipinski definition) is 1. The molecule has 4 amide bonds. The van der Waals surface area contributed by atoms with Crippen LogP contribution >= 0.6 is 0 Å². The van der Waals surface area contributed by atoms with Crippen molar-refractivity contribution >= 4 is 23.5 Å². The van der Waals surface area contributed by atoms with Crippen molar-refractivity contribution < 1.29 is 19.1 Å². The van der Waals surface area contributed by atoms with Gasteiger partial charge in [-0.3, -0.25) is 19.4 Å². The molecule has 146 valence electrons. The molecule has 0 unspecified atom stereocenters. The Morgan fingerprint density at radius 3 is 2.50 bits per heavy atom. The predicted molar refractivity (Wildman–Crippen MR) is 103 cm³/mol. The van der Waals surface area contributed by atoms with Crippen LogP contribution < -0.4 is 15.0 Å². The molecule has 8 nitrogen and oxygen atoms in total. The molecule has 1 saturated heterocycles. The maximum atomic E-state index is 12.7. The van der Waals surface area contributed by atoms with Crippen LogP contribution in [0.25, 0.3) is 0 Å². The molecule has 3 rings (SSSR count). The second kappa shape index (κ2) is 8.08. The van der Waals surface area contributed by atoms with Gasteiger partial charge in [0, 0.05) is 24.5 Å². The van der Waals surface area contributed by atoms with Gasteiger partial charge in [-0.15, -0.1) is 0 Å². The number of pyridine rings is 1. The Labute approximate surface area is 163 Å². The van der Waals surface area contributed by atoms with E-state index in [4.69, 9.17) is 4.74 Å². The molecule has 2 aromatic rings. The lowest BCUT2D eigenvalue weighted by Crippen LogP contribution is -2.41. The van der Waals surface area contributed by atoms with Crippen LogP contribution in [0.4, 0.5) is 10.5 Å². The van der Waals surface area contributed by atoms with Gasteiger partial charge in [-0.25, -0.2) is 9.78 Å². The number of anilines is 1. The number of nitrogens with one attached hydrogen (secondary N) is 1. The smallest absolute Gasteiger partial charge is 0.332 e. The van der Waals surface area contributed by atoms with Crippen molar-refractivity contribution in [3.05, 3.63) is 53.7 Å². The molecule has 0 spiro atoms. The number of benzene rings is 1. The SMILES string of the molecule is COc1ccc(CNC(=O)CN2C(=O)[C@@H](C)N(c3ccc(C)cc3)C2=O)cn1. The Hall–Kier alpha value is -3.42. The molecule has 28 heavy (non-hydrogen) atoms. The first kappa shape index (κ1) is 19.3. The highest BCUT2D eigenvalue weighted by Gasteiger charge is 2.43. The maximum absolute atomic E-state index is 12.7. The van der Waals surface area contributed by atoms with Crippen molar-refractivity contribution in [2.75, 3.05) is 18.6 Å². The summed E-state index contributed by atoms with van der Waals surface area (Å²) >= 11 is 0. The van der Waals surface area contributed by atoms with Crippen LogP contribution in [0, 0.1) is 6.92 Å². The minimum Gasteiger partial charge on any atom is -0.481 e. The minimum atomic E-state index is -0.659. The van der Waals surface area contributed by atoms with Gasteiger partial charge >= 0.3 is 6.03 Å². The normalized spacial score (nSPS) is 16.5. The average molecular weight is 382 g/mol. The lowest BCUT2D eigenvalue weighted by Gasteiger charge is -2.19. The van der Waals surface area contributed by atoms with Crippen LogP contribution in [0.3, 0.4) is 0 Å². The second-order valence-electron chi connectivity index (χ2n) is 6.57. The van der Waals surface area contributed by atoms with Crippen LogP contribution in [0.2, 0.25) is 0 Å². The Morgan fingerprint density at radius 2 is 1.89 bits per heavy atom. The number of hydrogen-bond acceptors (Lipinski definition) is 5. The fourth-order valence-corrected chi connectivity index (χ4v) is 2.95. The van der Waals surface area contributed by atoms with E-state index in [2.05, 4.69) is 10.3 Å². The molecule has 1 aromatic carbocycles. The number of rotatable bonds is 6. The summed E-state index contributed by atoms with van der Waals surface area (Å²) in [6, 6.07) is 9.64. The van der Waals surface area contributed by atoms with Crippen molar-refractivity contribution in [1.29, 1.82) is 0 Å². The maximum Gasteiger partial charge on any atom is 0.332 e. The summed E-state index contributed by atoms with van der Waals surface area (Å²) in [6.45, 7) is 3.51. The molecule has 1 aliphatic rings. The number of imide groups is 1. The van der Waals surface area contributed by atoms with Gasteiger partial charge in [0.15, 0.2) is 0 Å². The Balaban J connectivity index is 1.62. The van der Waals surface area contributed by atoms with E-state index in [1.165, 1.54) is 12.0 Å². The quantitative estimate of drug-likeness (QED) is 0.770. The highest BCUT2D eigenvalue weighted by Crippen LogP contribution is 2.25. The number of urea groups is 1. The van der Waals surface area contributed by atoms with Crippen molar-refractivity contribution in [3.8, 4) is 5.88 Å². The van der Waals surface area contributed by atoms with E-state index >= 15 is 0 Å². The number of carbonyl (C=O) groups excluding carboxylic acids is 3. The average Bonchev–Trinajstić information content (AvgIpc) is 2.91. The first-order valence-electron chi connectivity index (χ1n) is 8.87. The zero-order valence-electron chi connectivity index (χ0n) is 16.0. The van der Waals surface area contributed by atoms with E-state index in [1.54, 1.807) is 37.4 Å². The molecule has 0 bridgehead atoms. The number of methoxy groups -OCH3 is 1. The van der Waals surface area contributed by atoms with Gasteiger partial charge < -0.3 is 10.1 Å². The molecule has 1 aliphatic heterocycles. The first-order chi connectivity index (χ1) is 13.4. The minimum absolute atomic E-state index is 0.239. The van der Waals surface area contributed by atoms with Crippen LogP contribution in [0.5, 0.6) is 5.88 Å². The largest absolute Gasteiger partial charge is 0.481 e. The van der Waals surface area contributed by atoms with Crippen molar-refractivity contribution in [1.82, 2.24) is 15.2 Å². The molecule has 1 aromatic heterocycles. The van der Waals surface area contributed by atoms with Crippen LogP contribution in [-0.4, -0.2) is 47.4 Å². The highest BCUT2D eigenvalue weighted by atomic mass is 16.5. The second-order valence-corrected chi connectivity index (χ2v) is 6.57. The number of aromatic nitrogens is 1. The van der Waals surface area contributed by atoms with E-state index < -0.39 is 23.9 Å². The Morgan fingerprint density at radius 1 is 1.18 bits per heavy atom. The zero-order valence-corrected chi connectivity index (χ0v) is 16.0. The van der Waals surface area contributed by atoms with Gasteiger partial charge in [0.1, 0.15) is 12.6 Å². The standard InChI is InChI=1S/C20H22N4O4/c1-13-4-7-16(8-5-13)24-14(2)19(26)23(20(24)27)12-17(25)21-10-15-6-9-18(28-3)22-11-15/h4-9,11,14H,10,12H2,1-3H3,(H,21,25)/t14-/m1/s1. The zero-order chi connectivity index (χ0) is 20.3. The molecule has 1 N–H and O–H groups in total. The van der Waals surface area contributed by atoms with E-state index in [0.717, 1.165) is 16.0 Å². The number of nitrogens with zero attached hydrogens (tertiary/aromatic N) is 3. The Kier molecular flexibility index (Phi) is 5.58. The number of carbonyl (C=O) groups is 3. The van der Waals surface area contributed by atoms with Gasteiger partial charge in [0.2, 0.25) is 11.8 Å². The lowest BCUT2D eigenvalue weighted by atomic mass is 10.2. The number of amides is 4. The van der Waals surface area contributed by atoms with Gasteiger partial charge in [-0.05, 0) is 31.5 Å². The van der Waals surface area contributed by atoms with E-state index in [0.29, 0.717) is 11.6 Å². The third kappa shape index (κ3) is 3.95. The fourth-order valence-electron chi connectivity index (χ4n) is 2.95. The molecule has 0 saturated carbocycles. The third-order valence-electron chi connectivity index (χ3n) is 4.56. The first-order valence-corrected chi connectivity index (χ1v) is 8.87. The predicted octanol–water partition coefficient (Wildman–Crippen LogP) is 1.87. The summed E-state index contributed by atoms with van der Waals surface area (Å²) in [5.74, 6) is -0.337. The lowest BCUT2D eigenvalue weighted by molar-refractivity contribution is -0.131. The van der Waals surface area contributed by atoms with E-state index in [9.17, 15) is 14.4 Å². The molecule has 1 atom stereocenters. The summed E-state index contributed by atoms with van der Waals surface area (Å²) in [7, 11) is 1.52. The molecule has 1 fully saturated rings. The summed E-state index contributed by atoms with van der Waals surface area (Å²) in [5, 5.41) is 2.70. The molecule has 2 heterocycles. The molecule has 0 radical (unpaired) electrons. The monoisotopic (exact) mass is 382 g/mol. The van der Waals surface area contributed by atoms with Crippen LogP contribution in [0.1, 0.15) is 18.1 Å². The molecule has 0 aliphatic carbocycles. The molecular formula is C20H22N4O4. The van der Waals surface area contributed by atoms with Crippen molar-refractivity contribution in [2.45, 2.75) is 26.4 Å². The van der Waals surface area contributed by atoms with Crippen molar-refractivity contribution in [2.24, 2.45) is 0 Å². The number of aryl methyl sites for hydroxylation is 1. The van der Waals surface area contributed by atoms with Crippen LogP contribution in [-0.2, 0) is 16.1 Å². The highest BCUT2D eigenvalue weighted by molar-refractivity contribution is 6.15. The fraction of sp³-hybridized carbons (Fsp3) is 0.300. The molecule has 8 heteroatoms. The molecular weight excluding hydrogens is 360 g/mol. The third-order valence-corrected chi connectivity index (χ3v) is 4.56. The van der Waals surface area contributed by atoms with Gasteiger partial charge in [-0.2, -0.15) is 0 Å². The van der Waals surface area contributed by atoms with Crippen molar-refractivity contribution in [3.63, 3.8) is 0 Å². The summed E-state index contributed by atoms with van der Waals surface area (Å²) in [5.41, 5.74) is 2.46. The van der Waals surface area contributed by atoms with E-state index in [-0.39, 0.29) is 13.1 Å². The topological polar surface area (TPSA) is 91.8 Å².